The Balaban J connectivity index is 0.00000225. The highest BCUT2D eigenvalue weighted by Crippen LogP contribution is 2.21. The van der Waals surface area contributed by atoms with Gasteiger partial charge in [0.2, 0.25) is 0 Å². The third kappa shape index (κ3) is 4.40. The Morgan fingerprint density at radius 3 is 2.61 bits per heavy atom. The van der Waals surface area contributed by atoms with Gasteiger partial charge >= 0.3 is 0 Å². The summed E-state index contributed by atoms with van der Waals surface area (Å²) >= 11 is 0. The van der Waals surface area contributed by atoms with E-state index in [4.69, 9.17) is 10.3 Å². The molecule has 3 heterocycles. The van der Waals surface area contributed by atoms with Gasteiger partial charge in [-0.05, 0) is 37.4 Å². The van der Waals surface area contributed by atoms with Crippen molar-refractivity contribution in [3.63, 3.8) is 0 Å². The van der Waals surface area contributed by atoms with Gasteiger partial charge in [-0.15, -0.1) is 12.4 Å². The maximum Gasteiger partial charge on any atom is 0.269 e. The zero-order valence-corrected chi connectivity index (χ0v) is 16.2. The molecule has 2 aromatic heterocycles. The zero-order valence-electron chi connectivity index (χ0n) is 15.4. The second-order valence-electron chi connectivity index (χ2n) is 6.76. The first-order valence-corrected chi connectivity index (χ1v) is 9.13. The molecule has 1 aromatic carbocycles. The topological polar surface area (TPSA) is 103 Å². The number of benzene rings is 1. The second kappa shape index (κ2) is 8.99. The van der Waals surface area contributed by atoms with Crippen LogP contribution in [0, 0.1) is 5.92 Å². The molecule has 28 heavy (non-hydrogen) atoms. The monoisotopic (exact) mass is 402 g/mol. The van der Waals surface area contributed by atoms with Gasteiger partial charge in [0.15, 0.2) is 5.82 Å². The summed E-state index contributed by atoms with van der Waals surface area (Å²) in [6, 6.07) is 11.1. The SMILES string of the molecule is Cl.NCC1CCN(c2cnn(Cc3noc(-c4ccccc4)n3)c(=O)c2)CC1. The molecule has 8 nitrogen and oxygen atoms in total. The van der Waals surface area contributed by atoms with Crippen molar-refractivity contribution in [3.8, 4) is 11.5 Å². The molecule has 0 spiro atoms. The molecule has 9 heteroatoms. The summed E-state index contributed by atoms with van der Waals surface area (Å²) in [6.45, 7) is 2.70. The first-order chi connectivity index (χ1) is 13.2. The van der Waals surface area contributed by atoms with E-state index in [1.54, 1.807) is 12.3 Å². The summed E-state index contributed by atoms with van der Waals surface area (Å²) in [5, 5.41) is 8.24. The van der Waals surface area contributed by atoms with Crippen LogP contribution in [0.25, 0.3) is 11.5 Å². The molecule has 0 aliphatic carbocycles. The average molecular weight is 403 g/mol. The van der Waals surface area contributed by atoms with Crippen LogP contribution in [-0.2, 0) is 6.54 Å². The van der Waals surface area contributed by atoms with E-state index in [2.05, 4.69) is 20.1 Å². The van der Waals surface area contributed by atoms with Crippen molar-refractivity contribution < 1.29 is 4.52 Å². The first kappa shape index (κ1) is 20.0. The van der Waals surface area contributed by atoms with Crippen LogP contribution in [0.2, 0.25) is 0 Å². The van der Waals surface area contributed by atoms with E-state index >= 15 is 0 Å². The molecule has 1 saturated heterocycles. The largest absolute Gasteiger partial charge is 0.370 e. The molecule has 0 bridgehead atoms. The van der Waals surface area contributed by atoms with Crippen molar-refractivity contribution in [2.24, 2.45) is 11.7 Å². The van der Waals surface area contributed by atoms with E-state index in [9.17, 15) is 4.79 Å². The predicted molar refractivity (Wildman–Crippen MR) is 109 cm³/mol. The van der Waals surface area contributed by atoms with E-state index < -0.39 is 0 Å². The van der Waals surface area contributed by atoms with E-state index in [1.807, 2.05) is 30.3 Å². The first-order valence-electron chi connectivity index (χ1n) is 9.13. The molecular formula is C19H23ClN6O2. The van der Waals surface area contributed by atoms with Crippen molar-refractivity contribution >= 4 is 18.1 Å². The van der Waals surface area contributed by atoms with Crippen molar-refractivity contribution in [2.45, 2.75) is 19.4 Å². The Morgan fingerprint density at radius 1 is 1.18 bits per heavy atom. The summed E-state index contributed by atoms with van der Waals surface area (Å²) < 4.78 is 6.62. The number of rotatable bonds is 5. The molecule has 1 aliphatic rings. The van der Waals surface area contributed by atoms with Crippen LogP contribution in [0.15, 0.2) is 51.9 Å². The quantitative estimate of drug-likeness (QED) is 0.695. The van der Waals surface area contributed by atoms with Gasteiger partial charge in [-0.25, -0.2) is 4.68 Å². The van der Waals surface area contributed by atoms with Gasteiger partial charge in [0.1, 0.15) is 6.54 Å². The van der Waals surface area contributed by atoms with E-state index in [0.717, 1.165) is 43.7 Å². The molecular weight excluding hydrogens is 380 g/mol. The van der Waals surface area contributed by atoms with Gasteiger partial charge in [0.05, 0.1) is 11.9 Å². The van der Waals surface area contributed by atoms with E-state index in [-0.39, 0.29) is 24.5 Å². The van der Waals surface area contributed by atoms with Crippen molar-refractivity contribution in [1.29, 1.82) is 0 Å². The Labute approximate surface area is 168 Å². The normalized spacial score (nSPS) is 14.7. The Kier molecular flexibility index (Phi) is 6.43. The number of piperidine rings is 1. The number of nitrogens with two attached hydrogens (primary N) is 1. The molecule has 1 aliphatic heterocycles. The lowest BCUT2D eigenvalue weighted by Gasteiger charge is -2.32. The standard InChI is InChI=1S/C19H22N6O2.ClH/c20-11-14-6-8-24(9-7-14)16-10-18(26)25(21-12-16)13-17-22-19(27-23-17)15-4-2-1-3-5-15;/h1-5,10,12,14H,6-9,11,13,20H2;1H. The van der Waals surface area contributed by atoms with Gasteiger partial charge in [-0.3, -0.25) is 4.79 Å². The summed E-state index contributed by atoms with van der Waals surface area (Å²) in [5.74, 6) is 1.42. The van der Waals surface area contributed by atoms with E-state index in [0.29, 0.717) is 17.6 Å². The minimum Gasteiger partial charge on any atom is -0.370 e. The number of hydrogen-bond acceptors (Lipinski definition) is 7. The minimum absolute atomic E-state index is 0. The average Bonchev–Trinajstić information content (AvgIpc) is 3.19. The minimum atomic E-state index is -0.181. The van der Waals surface area contributed by atoms with Crippen LogP contribution in [-0.4, -0.2) is 39.6 Å². The van der Waals surface area contributed by atoms with Gasteiger partial charge in [0.25, 0.3) is 11.4 Å². The molecule has 0 atom stereocenters. The number of halogens is 1. The fourth-order valence-electron chi connectivity index (χ4n) is 3.29. The summed E-state index contributed by atoms with van der Waals surface area (Å²) in [4.78, 5) is 19.0. The molecule has 148 valence electrons. The smallest absolute Gasteiger partial charge is 0.269 e. The highest BCUT2D eigenvalue weighted by Gasteiger charge is 2.19. The Bertz CT molecular complexity index is 950. The zero-order chi connectivity index (χ0) is 18.6. The van der Waals surface area contributed by atoms with Crippen LogP contribution in [0.5, 0.6) is 0 Å². The van der Waals surface area contributed by atoms with Crippen molar-refractivity contribution in [3.05, 3.63) is 58.8 Å². The van der Waals surface area contributed by atoms with Crippen molar-refractivity contribution in [1.82, 2.24) is 19.9 Å². The summed E-state index contributed by atoms with van der Waals surface area (Å²) in [5.41, 5.74) is 7.25. The molecule has 0 amide bonds. The maximum atomic E-state index is 12.5. The maximum absolute atomic E-state index is 12.5. The van der Waals surface area contributed by atoms with Crippen LogP contribution >= 0.6 is 12.4 Å². The summed E-state index contributed by atoms with van der Waals surface area (Å²) in [6.07, 6.45) is 3.82. The summed E-state index contributed by atoms with van der Waals surface area (Å²) in [7, 11) is 0. The van der Waals surface area contributed by atoms with Gasteiger partial charge in [-0.1, -0.05) is 23.4 Å². The van der Waals surface area contributed by atoms with Gasteiger partial charge in [-0.2, -0.15) is 10.1 Å². The molecule has 2 N–H and O–H groups in total. The van der Waals surface area contributed by atoms with Crippen LogP contribution < -0.4 is 16.2 Å². The number of aromatic nitrogens is 4. The highest BCUT2D eigenvalue weighted by molar-refractivity contribution is 5.85. The Morgan fingerprint density at radius 2 is 1.93 bits per heavy atom. The number of hydrogen-bond donors (Lipinski definition) is 1. The molecule has 0 radical (unpaired) electrons. The van der Waals surface area contributed by atoms with Crippen molar-refractivity contribution in [2.75, 3.05) is 24.5 Å². The van der Waals surface area contributed by atoms with Crippen LogP contribution in [0.3, 0.4) is 0 Å². The van der Waals surface area contributed by atoms with Gasteiger partial charge < -0.3 is 15.2 Å². The molecule has 4 rings (SSSR count). The lowest BCUT2D eigenvalue weighted by atomic mass is 9.97. The number of anilines is 1. The van der Waals surface area contributed by atoms with E-state index in [1.165, 1.54) is 4.68 Å². The third-order valence-electron chi connectivity index (χ3n) is 4.95. The van der Waals surface area contributed by atoms with Crippen LogP contribution in [0.4, 0.5) is 5.69 Å². The second-order valence-corrected chi connectivity index (χ2v) is 6.76. The number of nitrogens with zero attached hydrogens (tertiary/aromatic N) is 5. The lowest BCUT2D eigenvalue weighted by Crippen LogP contribution is -2.37. The fraction of sp³-hybridized carbons (Fsp3) is 0.368. The lowest BCUT2D eigenvalue weighted by molar-refractivity contribution is 0.413. The van der Waals surface area contributed by atoms with Gasteiger partial charge in [0, 0.05) is 24.7 Å². The predicted octanol–water partition coefficient (Wildman–Crippen LogP) is 1.94. The molecule has 0 unspecified atom stereocenters. The van der Waals surface area contributed by atoms with Crippen LogP contribution in [0.1, 0.15) is 18.7 Å². The molecule has 0 saturated carbocycles. The Hall–Kier alpha value is -2.71. The fourth-order valence-corrected chi connectivity index (χ4v) is 3.29. The molecule has 1 fully saturated rings. The molecule has 3 aromatic rings. The third-order valence-corrected chi connectivity index (χ3v) is 4.95. The highest BCUT2D eigenvalue weighted by atomic mass is 35.5.